The Hall–Kier alpha value is -2.18. The first-order valence-electron chi connectivity index (χ1n) is 16.2. The third-order valence-electron chi connectivity index (χ3n) is 7.98. The number of aromatic nitrogens is 2. The highest BCUT2D eigenvalue weighted by molar-refractivity contribution is 5.93. The predicted molar refractivity (Wildman–Crippen MR) is 164 cm³/mol. The smallest absolute Gasteiger partial charge is 0.351 e. The Morgan fingerprint density at radius 3 is 2.14 bits per heavy atom. The van der Waals surface area contributed by atoms with Gasteiger partial charge in [-0.15, -0.1) is 0 Å². The lowest BCUT2D eigenvalue weighted by Gasteiger charge is -2.18. The molecule has 240 valence electrons. The van der Waals surface area contributed by atoms with E-state index in [1.54, 1.807) is 0 Å². The minimum atomic E-state index is -1.22. The average Bonchev–Trinajstić information content (AvgIpc) is 3.35. The summed E-state index contributed by atoms with van der Waals surface area (Å²) in [6, 6.07) is 0.687. The molecule has 5 atom stereocenters. The highest BCUT2D eigenvalue weighted by atomic mass is 16.5. The van der Waals surface area contributed by atoms with Crippen LogP contribution < -0.4 is 22.5 Å². The molecule has 11 nitrogen and oxygen atoms in total. The van der Waals surface area contributed by atoms with Crippen LogP contribution in [0.15, 0.2) is 17.1 Å². The number of unbranched alkanes of at least 4 members (excludes halogenated alkanes) is 13. The number of nitrogens with zero attached hydrogens (tertiary/aromatic N) is 2. The molecule has 1 aliphatic heterocycles. The maximum atomic E-state index is 12.8. The van der Waals surface area contributed by atoms with Gasteiger partial charge in [-0.05, 0) is 31.9 Å². The number of aliphatic hydroxyl groups excluding tert-OH is 2. The summed E-state index contributed by atoms with van der Waals surface area (Å²) in [5.74, 6) is -0.972. The zero-order chi connectivity index (χ0) is 30.7. The van der Waals surface area contributed by atoms with Crippen LogP contribution in [-0.4, -0.2) is 62.4 Å². The van der Waals surface area contributed by atoms with E-state index in [1.165, 1.54) is 76.5 Å². The van der Waals surface area contributed by atoms with Crippen molar-refractivity contribution in [1.82, 2.24) is 9.55 Å². The number of carbonyl (C=O) groups excluding carboxylic acids is 2. The van der Waals surface area contributed by atoms with Crippen LogP contribution in [0.25, 0.3) is 0 Å². The lowest BCUT2D eigenvalue weighted by atomic mass is 9.99. The van der Waals surface area contributed by atoms with E-state index in [1.807, 2.05) is 0 Å². The van der Waals surface area contributed by atoms with Crippen molar-refractivity contribution in [3.63, 3.8) is 0 Å². The fourth-order valence-electron chi connectivity index (χ4n) is 5.33. The van der Waals surface area contributed by atoms with Gasteiger partial charge in [0, 0.05) is 12.6 Å². The van der Waals surface area contributed by atoms with Crippen LogP contribution in [-0.2, 0) is 14.3 Å². The van der Waals surface area contributed by atoms with E-state index in [0.29, 0.717) is 19.4 Å². The summed E-state index contributed by atoms with van der Waals surface area (Å²) in [6.07, 6.45) is 14.9. The maximum Gasteiger partial charge on any atom is 0.351 e. The van der Waals surface area contributed by atoms with Gasteiger partial charge in [0.1, 0.15) is 24.3 Å². The van der Waals surface area contributed by atoms with Crippen LogP contribution in [0, 0.1) is 0 Å². The van der Waals surface area contributed by atoms with E-state index in [0.717, 1.165) is 36.7 Å². The molecule has 11 heteroatoms. The van der Waals surface area contributed by atoms with Gasteiger partial charge in [0.15, 0.2) is 5.78 Å². The molecule has 0 radical (unpaired) electrons. The number of hydrogen-bond acceptors (Lipinski definition) is 9. The van der Waals surface area contributed by atoms with Crippen molar-refractivity contribution in [3.8, 4) is 0 Å². The summed E-state index contributed by atoms with van der Waals surface area (Å²) in [5, 5.41) is 23.4. The van der Waals surface area contributed by atoms with Gasteiger partial charge in [-0.3, -0.25) is 14.2 Å². The quantitative estimate of drug-likeness (QED) is 0.118. The summed E-state index contributed by atoms with van der Waals surface area (Å²) in [6.45, 7) is 2.76. The SMILES string of the molecule is CCCCCCCCCCCCCCCC(O)C(=O)[C@H]1O[C@@H](n2ccc(NC(=O)[C@@H](N)CCCCN)nc2=O)C[C@@H]1O. The minimum absolute atomic E-state index is 0.00117. The van der Waals surface area contributed by atoms with Crippen LogP contribution in [0.2, 0.25) is 0 Å². The van der Waals surface area contributed by atoms with Gasteiger partial charge in [-0.2, -0.15) is 4.98 Å². The normalized spacial score (nSPS) is 20.0. The average molecular weight is 594 g/mol. The topological polar surface area (TPSA) is 183 Å². The largest absolute Gasteiger partial charge is 0.390 e. The zero-order valence-electron chi connectivity index (χ0n) is 25.6. The number of ketones is 1. The second-order valence-corrected chi connectivity index (χ2v) is 11.6. The fourth-order valence-corrected chi connectivity index (χ4v) is 5.33. The number of rotatable bonds is 23. The van der Waals surface area contributed by atoms with Gasteiger partial charge < -0.3 is 31.7 Å². The lowest BCUT2D eigenvalue weighted by molar-refractivity contribution is -0.144. The number of aliphatic hydroxyl groups is 2. The summed E-state index contributed by atoms with van der Waals surface area (Å²) in [7, 11) is 0. The van der Waals surface area contributed by atoms with Gasteiger partial charge in [0.25, 0.3) is 0 Å². The van der Waals surface area contributed by atoms with Gasteiger partial charge in [0.2, 0.25) is 5.91 Å². The third kappa shape index (κ3) is 13.0. The molecular formula is C31H55N5O6. The molecule has 0 bridgehead atoms. The Morgan fingerprint density at radius 1 is 1.00 bits per heavy atom. The second-order valence-electron chi connectivity index (χ2n) is 11.6. The predicted octanol–water partition coefficient (Wildman–Crippen LogP) is 3.70. The first-order valence-corrected chi connectivity index (χ1v) is 16.2. The summed E-state index contributed by atoms with van der Waals surface area (Å²) >= 11 is 0. The monoisotopic (exact) mass is 593 g/mol. The number of anilines is 1. The number of nitrogens with two attached hydrogens (primary N) is 2. The Labute approximate surface area is 250 Å². The fraction of sp³-hybridized carbons (Fsp3) is 0.806. The minimum Gasteiger partial charge on any atom is -0.390 e. The molecule has 0 spiro atoms. The van der Waals surface area contributed by atoms with Crippen molar-refractivity contribution in [3.05, 3.63) is 22.7 Å². The third-order valence-corrected chi connectivity index (χ3v) is 7.98. The van der Waals surface area contributed by atoms with Crippen molar-refractivity contribution in [2.45, 2.75) is 153 Å². The van der Waals surface area contributed by atoms with E-state index in [4.69, 9.17) is 16.2 Å². The van der Waals surface area contributed by atoms with Gasteiger partial charge in [0.05, 0.1) is 12.1 Å². The molecule has 1 aromatic heterocycles. The highest BCUT2D eigenvalue weighted by Crippen LogP contribution is 2.29. The summed E-state index contributed by atoms with van der Waals surface area (Å²) in [5.41, 5.74) is 10.6. The van der Waals surface area contributed by atoms with Crippen molar-refractivity contribution in [2.24, 2.45) is 11.5 Å². The molecule has 1 unspecified atom stereocenters. The molecule has 1 fully saturated rings. The van der Waals surface area contributed by atoms with Crippen LogP contribution in [0.1, 0.15) is 129 Å². The second kappa shape index (κ2) is 20.7. The van der Waals surface area contributed by atoms with Crippen molar-refractivity contribution < 1.29 is 24.5 Å². The van der Waals surface area contributed by atoms with E-state index in [9.17, 15) is 24.6 Å². The van der Waals surface area contributed by atoms with Crippen molar-refractivity contribution in [1.29, 1.82) is 0 Å². The molecule has 1 saturated heterocycles. The molecule has 0 aromatic carbocycles. The highest BCUT2D eigenvalue weighted by Gasteiger charge is 2.42. The van der Waals surface area contributed by atoms with E-state index in [2.05, 4.69) is 17.2 Å². The van der Waals surface area contributed by atoms with Gasteiger partial charge in [-0.25, -0.2) is 4.79 Å². The first-order chi connectivity index (χ1) is 20.3. The lowest BCUT2D eigenvalue weighted by Crippen LogP contribution is -2.38. The van der Waals surface area contributed by atoms with Crippen LogP contribution in [0.5, 0.6) is 0 Å². The Balaban J connectivity index is 1.68. The van der Waals surface area contributed by atoms with E-state index >= 15 is 0 Å². The van der Waals surface area contributed by atoms with Crippen molar-refractivity contribution >= 4 is 17.5 Å². The Bertz CT molecular complexity index is 973. The maximum absolute atomic E-state index is 12.8. The number of hydrogen-bond donors (Lipinski definition) is 5. The number of carbonyl (C=O) groups is 2. The Morgan fingerprint density at radius 2 is 1.57 bits per heavy atom. The van der Waals surface area contributed by atoms with E-state index in [-0.39, 0.29) is 12.2 Å². The summed E-state index contributed by atoms with van der Waals surface area (Å²) in [4.78, 5) is 41.5. The molecular weight excluding hydrogens is 538 g/mol. The van der Waals surface area contributed by atoms with Crippen molar-refractivity contribution in [2.75, 3.05) is 11.9 Å². The standard InChI is InChI=1S/C31H55N5O6/c1-2-3-4-5-6-7-8-9-10-11-12-13-14-18-24(37)28(39)29-25(38)22-27(42-29)36-21-19-26(35-31(36)41)34-30(40)23(33)17-15-16-20-32/h19,21,23-25,27,29,37-38H,2-18,20,22,32-33H2,1H3,(H,34,35,40,41)/t23-,24?,25-,27+,29-/m0/s1. The molecule has 2 rings (SSSR count). The number of ether oxygens (including phenoxy) is 1. The summed E-state index contributed by atoms with van der Waals surface area (Å²) < 4.78 is 6.86. The molecule has 1 amide bonds. The molecule has 2 heterocycles. The number of amides is 1. The molecule has 1 aromatic rings. The molecule has 1 aliphatic rings. The first kappa shape index (κ1) is 36.0. The molecule has 7 N–H and O–H groups in total. The Kier molecular flexibility index (Phi) is 17.7. The number of nitrogens with one attached hydrogen (secondary N) is 1. The van der Waals surface area contributed by atoms with Gasteiger partial charge >= 0.3 is 5.69 Å². The van der Waals surface area contributed by atoms with Crippen LogP contribution in [0.3, 0.4) is 0 Å². The van der Waals surface area contributed by atoms with Crippen LogP contribution in [0.4, 0.5) is 5.82 Å². The molecule has 0 aliphatic carbocycles. The van der Waals surface area contributed by atoms with Gasteiger partial charge in [-0.1, -0.05) is 96.8 Å². The van der Waals surface area contributed by atoms with E-state index < -0.39 is 48.0 Å². The van der Waals surface area contributed by atoms with Crippen LogP contribution >= 0.6 is 0 Å². The molecule has 42 heavy (non-hydrogen) atoms. The number of Topliss-reactive ketones (excluding diaryl/α,β-unsaturated/α-hetero) is 1. The zero-order valence-corrected chi connectivity index (χ0v) is 25.6. The molecule has 0 saturated carbocycles.